The van der Waals surface area contributed by atoms with Crippen molar-refractivity contribution in [2.75, 3.05) is 27.7 Å². The fourth-order valence-corrected chi connectivity index (χ4v) is 4.63. The molecule has 0 radical (unpaired) electrons. The van der Waals surface area contributed by atoms with Gasteiger partial charge in [-0.1, -0.05) is 55.0 Å². The predicted molar refractivity (Wildman–Crippen MR) is 172 cm³/mol. The van der Waals surface area contributed by atoms with Crippen molar-refractivity contribution in [2.24, 2.45) is 17.8 Å². The summed E-state index contributed by atoms with van der Waals surface area (Å²) in [5.41, 5.74) is -0.0480. The summed E-state index contributed by atoms with van der Waals surface area (Å²) in [6, 6.07) is -3.61. The van der Waals surface area contributed by atoms with Gasteiger partial charge in [0.15, 0.2) is 0 Å². The minimum Gasteiger partial charge on any atom is -0.355 e. The van der Waals surface area contributed by atoms with E-state index in [1.165, 1.54) is 35.8 Å². The molecule has 0 spiro atoms. The predicted octanol–water partition coefficient (Wildman–Crippen LogP) is 2.29. The smallest absolute Gasteiger partial charge is 0.270 e. The molecule has 0 aliphatic carbocycles. The van der Waals surface area contributed by atoms with Crippen LogP contribution in [0, 0.1) is 17.8 Å². The fraction of sp³-hybridized carbons (Fsp3) is 0.750. The molecule has 12 heteroatoms. The molecule has 0 rings (SSSR count). The van der Waals surface area contributed by atoms with Crippen LogP contribution in [-0.4, -0.2) is 102 Å². The van der Waals surface area contributed by atoms with E-state index in [9.17, 15) is 28.8 Å². The van der Waals surface area contributed by atoms with E-state index in [0.717, 1.165) is 0 Å². The van der Waals surface area contributed by atoms with Crippen LogP contribution < -0.4 is 16.0 Å². The summed E-state index contributed by atoms with van der Waals surface area (Å²) < 4.78 is 0. The van der Waals surface area contributed by atoms with Gasteiger partial charge in [-0.2, -0.15) is 0 Å². The first-order valence-electron chi connectivity index (χ1n) is 15.7. The molecule has 0 bridgehead atoms. The van der Waals surface area contributed by atoms with Crippen molar-refractivity contribution < 1.29 is 28.8 Å². The number of amides is 6. The lowest BCUT2D eigenvalue weighted by atomic mass is 9.97. The quantitative estimate of drug-likeness (QED) is 0.200. The summed E-state index contributed by atoms with van der Waals surface area (Å²) in [5, 5.41) is 8.21. The number of nitrogens with zero attached hydrogens (tertiary/aromatic N) is 3. The van der Waals surface area contributed by atoms with Crippen molar-refractivity contribution >= 4 is 35.4 Å². The molecule has 0 unspecified atom stereocenters. The van der Waals surface area contributed by atoms with Crippen LogP contribution >= 0.6 is 0 Å². The Morgan fingerprint density at radius 2 is 1.18 bits per heavy atom. The molecule has 0 aromatic heterocycles. The van der Waals surface area contributed by atoms with Gasteiger partial charge < -0.3 is 30.7 Å². The second-order valence-corrected chi connectivity index (χ2v) is 12.7. The number of carbonyl (C=O) groups is 6. The molecule has 3 N–H and O–H groups in total. The molecular weight excluding hydrogens is 564 g/mol. The van der Waals surface area contributed by atoms with Crippen LogP contribution in [0.15, 0.2) is 12.3 Å². The van der Waals surface area contributed by atoms with Gasteiger partial charge in [0.05, 0.1) is 0 Å². The van der Waals surface area contributed by atoms with Gasteiger partial charge in [-0.05, 0) is 50.9 Å². The number of nitrogens with one attached hydrogen (secondary N) is 3. The van der Waals surface area contributed by atoms with Crippen LogP contribution in [0.2, 0.25) is 0 Å². The highest BCUT2D eigenvalue weighted by molar-refractivity contribution is 6.00. The Morgan fingerprint density at radius 3 is 1.61 bits per heavy atom. The minimum atomic E-state index is -0.994. The van der Waals surface area contributed by atoms with Gasteiger partial charge >= 0.3 is 0 Å². The highest BCUT2D eigenvalue weighted by Gasteiger charge is 2.37. The summed E-state index contributed by atoms with van der Waals surface area (Å²) in [6.07, 6.45) is 1.52. The first kappa shape index (κ1) is 40.6. The van der Waals surface area contributed by atoms with Crippen molar-refractivity contribution in [3.8, 4) is 0 Å². The van der Waals surface area contributed by atoms with Crippen LogP contribution in [0.4, 0.5) is 0 Å². The Hall–Kier alpha value is -3.44. The first-order valence-corrected chi connectivity index (χ1v) is 15.7. The zero-order chi connectivity index (χ0) is 34.5. The molecule has 0 saturated heterocycles. The maximum Gasteiger partial charge on any atom is 0.270 e. The normalized spacial score (nSPS) is 13.9. The number of likely N-dealkylation sites (N-methyl/N-ethyl adjacent to an activating group) is 4. The Kier molecular flexibility index (Phi) is 17.6. The Morgan fingerprint density at radius 1 is 0.705 bits per heavy atom. The van der Waals surface area contributed by atoms with Gasteiger partial charge in [0, 0.05) is 34.1 Å². The Bertz CT molecular complexity index is 1030. The standard InChI is InChI=1S/C32H58N6O6/c1-14-16-26(39)36(11)23(10)31(43)37(12)25(18-20(5)6)30(42)35-27(21(7)8)32(44)38(13)24(17-19(3)4)29(41)34-22(9)28(40)33-15-2/h19-22,24-25,27H,10,14-18H2,1-9,11-13H3,(H,33,40)(H,34,41)(H,35,42)/t22-,24+,25+,27+/m1/s1. The average molecular weight is 623 g/mol. The second kappa shape index (κ2) is 19.1. The van der Waals surface area contributed by atoms with Crippen molar-refractivity contribution in [3.05, 3.63) is 12.3 Å². The van der Waals surface area contributed by atoms with Crippen molar-refractivity contribution in [1.29, 1.82) is 0 Å². The molecule has 252 valence electrons. The molecule has 0 aliphatic heterocycles. The van der Waals surface area contributed by atoms with Crippen LogP contribution in [0.1, 0.15) is 88.0 Å². The van der Waals surface area contributed by atoms with Gasteiger partial charge in [-0.25, -0.2) is 0 Å². The van der Waals surface area contributed by atoms with Crippen LogP contribution in [0.5, 0.6) is 0 Å². The van der Waals surface area contributed by atoms with Crippen LogP contribution in [0.25, 0.3) is 0 Å². The number of rotatable bonds is 18. The van der Waals surface area contributed by atoms with E-state index in [-0.39, 0.29) is 41.7 Å². The topological polar surface area (TPSA) is 148 Å². The molecular formula is C32H58N6O6. The van der Waals surface area contributed by atoms with Crippen LogP contribution in [-0.2, 0) is 28.8 Å². The zero-order valence-electron chi connectivity index (χ0n) is 29.1. The molecule has 4 atom stereocenters. The molecule has 12 nitrogen and oxygen atoms in total. The lowest BCUT2D eigenvalue weighted by Crippen LogP contribution is -2.60. The highest BCUT2D eigenvalue weighted by atomic mass is 16.2. The zero-order valence-corrected chi connectivity index (χ0v) is 29.1. The molecule has 0 heterocycles. The minimum absolute atomic E-state index is 0.0237. The monoisotopic (exact) mass is 622 g/mol. The number of hydrogen-bond donors (Lipinski definition) is 3. The third-order valence-corrected chi connectivity index (χ3v) is 7.42. The molecule has 0 aromatic carbocycles. The van der Waals surface area contributed by atoms with E-state index >= 15 is 0 Å². The second-order valence-electron chi connectivity index (χ2n) is 12.7. The average Bonchev–Trinajstić information content (AvgIpc) is 2.94. The molecule has 0 saturated carbocycles. The maximum atomic E-state index is 13.9. The van der Waals surface area contributed by atoms with Gasteiger partial charge in [-0.15, -0.1) is 0 Å². The first-order chi connectivity index (χ1) is 20.3. The summed E-state index contributed by atoms with van der Waals surface area (Å²) in [6.45, 7) is 20.7. The lowest BCUT2D eigenvalue weighted by molar-refractivity contribution is -0.145. The summed E-state index contributed by atoms with van der Waals surface area (Å²) in [5.74, 6) is -2.88. The molecule has 44 heavy (non-hydrogen) atoms. The third-order valence-electron chi connectivity index (χ3n) is 7.42. The van der Waals surface area contributed by atoms with E-state index in [2.05, 4.69) is 22.5 Å². The molecule has 0 aromatic rings. The van der Waals surface area contributed by atoms with E-state index in [0.29, 0.717) is 25.8 Å². The molecule has 0 aliphatic rings. The van der Waals surface area contributed by atoms with Crippen molar-refractivity contribution in [3.63, 3.8) is 0 Å². The van der Waals surface area contributed by atoms with E-state index in [4.69, 9.17) is 0 Å². The maximum absolute atomic E-state index is 13.9. The number of hydrogen-bond acceptors (Lipinski definition) is 6. The Labute approximate surface area is 264 Å². The van der Waals surface area contributed by atoms with E-state index < -0.39 is 47.8 Å². The largest absolute Gasteiger partial charge is 0.355 e. The van der Waals surface area contributed by atoms with Crippen LogP contribution in [0.3, 0.4) is 0 Å². The van der Waals surface area contributed by atoms with Gasteiger partial charge in [-0.3, -0.25) is 28.8 Å². The van der Waals surface area contributed by atoms with Gasteiger partial charge in [0.1, 0.15) is 29.9 Å². The Balaban J connectivity index is 6.13. The van der Waals surface area contributed by atoms with E-state index in [1.54, 1.807) is 27.7 Å². The lowest BCUT2D eigenvalue weighted by Gasteiger charge is -2.35. The number of carbonyl (C=O) groups excluding carboxylic acids is 6. The highest BCUT2D eigenvalue weighted by Crippen LogP contribution is 2.18. The fourth-order valence-electron chi connectivity index (χ4n) is 4.63. The van der Waals surface area contributed by atoms with Gasteiger partial charge in [0.25, 0.3) is 5.91 Å². The molecule has 0 fully saturated rings. The van der Waals surface area contributed by atoms with E-state index in [1.807, 2.05) is 34.6 Å². The van der Waals surface area contributed by atoms with Crippen molar-refractivity contribution in [2.45, 2.75) is 112 Å². The third kappa shape index (κ3) is 12.3. The van der Waals surface area contributed by atoms with Gasteiger partial charge in [0.2, 0.25) is 29.5 Å². The molecule has 6 amide bonds. The SMILES string of the molecule is C=C(C(=O)N(C)[C@@H](CC(C)C)C(=O)N[C@H](C(=O)N(C)[C@@H](CC(C)C)C(=O)N[C@H](C)C(=O)NCC)C(C)C)N(C)C(=O)CCC. The summed E-state index contributed by atoms with van der Waals surface area (Å²) >= 11 is 0. The van der Waals surface area contributed by atoms with Crippen molar-refractivity contribution in [1.82, 2.24) is 30.7 Å². The summed E-state index contributed by atoms with van der Waals surface area (Å²) in [4.78, 5) is 82.6. The summed E-state index contributed by atoms with van der Waals surface area (Å²) in [7, 11) is 4.48.